The van der Waals surface area contributed by atoms with E-state index in [4.69, 9.17) is 34.9 Å². The predicted molar refractivity (Wildman–Crippen MR) is 554 cm³/mol. The van der Waals surface area contributed by atoms with Crippen molar-refractivity contribution in [2.24, 2.45) is 0 Å². The Bertz CT molecular complexity index is 9510. The van der Waals surface area contributed by atoms with Crippen LogP contribution in [0.5, 0.6) is 0 Å². The Morgan fingerprint density at radius 1 is 0.162 bits per heavy atom. The first-order valence-corrected chi connectivity index (χ1v) is 45.5. The standard InChI is InChI=1S/C37H24N4.C31H22N4.C28H18N6.C23H15N3/c1-3-11-27(12-4-1)39-32-16-8-7-15-29(32)30-23-25(19-21-33(30)39)26-20-22-34-31(24-26)38-37-40(28-13-5-2-6-14-28)35-17-9-10-18-36(35)41(34)37;1-4-12-23(13-5-1)33(24-14-6-2-7-15-24)26-20-21-28-27(22-26)32-31-34(25-16-8-3-9-17-25)29-18-10-11-19-30(29)35(28)31;1-3-11-19(12-4-1)25-30-26(20-13-5-2-6-14-20)32-27(31-25)34-24-18-10-9-17-23(24)33-22-16-8-7-15-21(22)29-28(33)34;1-2-10-18(11-3-1)25-20-12-6-7-13-21(20)26-22-15-17-9-5-4-8-16(17)14-19(22)24-23(25)26/h1-24H;1-22H;1-18H;1-15H. The number of nitrogens with zero attached hydrogens (tertiary/aromatic N) is 17. The van der Waals surface area contributed by atoms with Crippen LogP contribution >= 0.6 is 0 Å². The molecule has 0 aliphatic carbocycles. The van der Waals surface area contributed by atoms with Gasteiger partial charge in [-0.1, -0.05) is 285 Å². The molecule has 0 radical (unpaired) electrons. The average molecular weight is 1750 g/mol. The van der Waals surface area contributed by atoms with Crippen molar-refractivity contribution in [3.8, 4) is 62.6 Å². The van der Waals surface area contributed by atoms with Crippen molar-refractivity contribution < 1.29 is 0 Å². The Morgan fingerprint density at radius 3 is 0.956 bits per heavy atom. The summed E-state index contributed by atoms with van der Waals surface area (Å²) in [5, 5.41) is 4.96. The van der Waals surface area contributed by atoms with Crippen LogP contribution in [-0.4, -0.2) is 75.3 Å². The molecule has 0 unspecified atom stereocenters. The summed E-state index contributed by atoms with van der Waals surface area (Å²) >= 11 is 0. The number of rotatable bonds is 11. The number of hydrogen-bond donors (Lipinski definition) is 0. The van der Waals surface area contributed by atoms with E-state index in [0.29, 0.717) is 17.6 Å². The Morgan fingerprint density at radius 2 is 0.478 bits per heavy atom. The number of benzene rings is 19. The molecule has 136 heavy (non-hydrogen) atoms. The first kappa shape index (κ1) is 78.2. The van der Waals surface area contributed by atoms with Crippen molar-refractivity contribution in [2.45, 2.75) is 0 Å². The summed E-state index contributed by atoms with van der Waals surface area (Å²) in [5.41, 5.74) is 31.7. The molecule has 0 saturated carbocycles. The third-order valence-corrected chi connectivity index (χ3v) is 25.8. The van der Waals surface area contributed by atoms with Gasteiger partial charge in [0.05, 0.1) is 99.3 Å². The zero-order valence-corrected chi connectivity index (χ0v) is 73.2. The van der Waals surface area contributed by atoms with Crippen molar-refractivity contribution >= 4 is 161 Å². The zero-order chi connectivity index (χ0) is 89.7. The van der Waals surface area contributed by atoms with Crippen LogP contribution in [0, 0.1) is 0 Å². The van der Waals surface area contributed by atoms with Crippen LogP contribution < -0.4 is 4.90 Å². The van der Waals surface area contributed by atoms with E-state index in [9.17, 15) is 0 Å². The molecule has 0 spiro atoms. The van der Waals surface area contributed by atoms with Crippen LogP contribution in [0.15, 0.2) is 479 Å². The Kier molecular flexibility index (Phi) is 18.8. The lowest BCUT2D eigenvalue weighted by Crippen LogP contribution is -2.09. The fraction of sp³-hybridized carbons (Fsp3) is 0. The highest BCUT2D eigenvalue weighted by atomic mass is 15.3. The molecule has 17 nitrogen and oxygen atoms in total. The van der Waals surface area contributed by atoms with E-state index >= 15 is 0 Å². The SMILES string of the molecule is c1ccc(-c2nc(-c3ccccc3)nc(-n3c4ccccc4n4c5ccccc5nc34)n2)cc1.c1ccc(-n2c3ccccc3c3cc(-c4ccc5c(c4)nc4n(-c6ccccc6)c6ccccc6n54)ccc32)cc1.c1ccc(-n2c3ccccc3n3c4cc5ccccc5cc4nc23)cc1.c1ccc(N(c2ccccc2)c2ccc3c(c2)nc2n(-c4ccccc4)c4ccccc4n32)cc1. The summed E-state index contributed by atoms with van der Waals surface area (Å²) in [6, 6.07) is 166. The van der Waals surface area contributed by atoms with Gasteiger partial charge in [-0.15, -0.1) is 0 Å². The molecule has 0 N–H and O–H groups in total. The largest absolute Gasteiger partial charge is 0.310 e. The van der Waals surface area contributed by atoms with Crippen LogP contribution in [0.1, 0.15) is 0 Å². The van der Waals surface area contributed by atoms with E-state index in [0.717, 1.165) is 157 Å². The number of anilines is 3. The van der Waals surface area contributed by atoms with Gasteiger partial charge in [0.25, 0.3) is 0 Å². The monoisotopic (exact) mass is 1750 g/mol. The smallest absolute Gasteiger partial charge is 0.241 e. The minimum atomic E-state index is 0.536. The molecule has 640 valence electrons. The Hall–Kier alpha value is -18.9. The van der Waals surface area contributed by atoms with Crippen LogP contribution in [-0.2, 0) is 0 Å². The quantitative estimate of drug-likeness (QED) is 0.125. The molecule has 0 saturated heterocycles. The molecule has 0 atom stereocenters. The summed E-state index contributed by atoms with van der Waals surface area (Å²) in [7, 11) is 0. The molecule has 10 aromatic heterocycles. The van der Waals surface area contributed by atoms with E-state index in [1.807, 2.05) is 120 Å². The summed E-state index contributed by atoms with van der Waals surface area (Å²) in [5.74, 6) is 5.33. The van der Waals surface area contributed by atoms with Crippen LogP contribution in [0.3, 0.4) is 0 Å². The van der Waals surface area contributed by atoms with E-state index in [2.05, 4.69) is 405 Å². The summed E-state index contributed by atoms with van der Waals surface area (Å²) in [4.78, 5) is 37.3. The highest BCUT2D eigenvalue weighted by Crippen LogP contribution is 2.42. The van der Waals surface area contributed by atoms with Gasteiger partial charge in [-0.25, -0.2) is 29.5 Å². The molecular weight excluding hydrogens is 1670 g/mol. The van der Waals surface area contributed by atoms with Gasteiger partial charge in [0, 0.05) is 61.7 Å². The van der Waals surface area contributed by atoms with Gasteiger partial charge in [0.1, 0.15) is 0 Å². The fourth-order valence-electron chi connectivity index (χ4n) is 19.8. The average Bonchev–Trinajstić information content (AvgIpc) is 1.57. The molecule has 10 heterocycles. The Labute approximate surface area is 778 Å². The number of hydrogen-bond acceptors (Lipinski definition) is 8. The summed E-state index contributed by atoms with van der Waals surface area (Å²) < 4.78 is 20.1. The maximum Gasteiger partial charge on any atom is 0.241 e. The minimum Gasteiger partial charge on any atom is -0.310 e. The molecule has 19 aromatic carbocycles. The van der Waals surface area contributed by atoms with Gasteiger partial charge in [-0.2, -0.15) is 9.97 Å². The highest BCUT2D eigenvalue weighted by molar-refractivity contribution is 6.11. The lowest BCUT2D eigenvalue weighted by molar-refractivity contribution is 0.937. The van der Waals surface area contributed by atoms with Gasteiger partial charge in [0.15, 0.2) is 11.6 Å². The maximum absolute atomic E-state index is 5.19. The first-order valence-electron chi connectivity index (χ1n) is 45.5. The molecule has 0 amide bonds. The van der Waals surface area contributed by atoms with Crippen LogP contribution in [0.2, 0.25) is 0 Å². The van der Waals surface area contributed by atoms with Crippen molar-refractivity contribution in [1.82, 2.24) is 75.3 Å². The topological polar surface area (TPSA) is 136 Å². The molecule has 0 aliphatic rings. The van der Waals surface area contributed by atoms with E-state index in [1.54, 1.807) is 0 Å². The molecule has 17 heteroatoms. The second-order valence-electron chi connectivity index (χ2n) is 33.8. The Balaban J connectivity index is 0.0000000952. The van der Waals surface area contributed by atoms with Crippen molar-refractivity contribution in [3.05, 3.63) is 479 Å². The van der Waals surface area contributed by atoms with Gasteiger partial charge < -0.3 is 9.47 Å². The number of para-hydroxylation sites is 17. The second kappa shape index (κ2) is 32.6. The first-order chi connectivity index (χ1) is 67.5. The van der Waals surface area contributed by atoms with Crippen molar-refractivity contribution in [2.75, 3.05) is 4.90 Å². The third kappa shape index (κ3) is 13.2. The fourth-order valence-corrected chi connectivity index (χ4v) is 19.8. The predicted octanol–water partition coefficient (Wildman–Crippen LogP) is 28.6. The van der Waals surface area contributed by atoms with E-state index < -0.39 is 0 Å². The van der Waals surface area contributed by atoms with Crippen LogP contribution in [0.25, 0.3) is 207 Å². The lowest BCUT2D eigenvalue weighted by Gasteiger charge is -2.25. The number of fused-ring (bicyclic) bond motifs is 24. The molecule has 0 aliphatic heterocycles. The van der Waals surface area contributed by atoms with Gasteiger partial charge >= 0.3 is 0 Å². The van der Waals surface area contributed by atoms with Crippen LogP contribution in [0.4, 0.5) is 17.1 Å². The zero-order valence-electron chi connectivity index (χ0n) is 73.2. The van der Waals surface area contributed by atoms with Crippen molar-refractivity contribution in [3.63, 3.8) is 0 Å². The van der Waals surface area contributed by atoms with Gasteiger partial charge in [-0.05, 0) is 216 Å². The molecule has 29 rings (SSSR count). The van der Waals surface area contributed by atoms with Crippen molar-refractivity contribution in [1.29, 1.82) is 0 Å². The van der Waals surface area contributed by atoms with E-state index in [1.165, 1.54) is 49.3 Å². The van der Waals surface area contributed by atoms with Gasteiger partial charge in [-0.3, -0.25) is 31.3 Å². The molecule has 29 aromatic rings. The summed E-state index contributed by atoms with van der Waals surface area (Å²) in [6.07, 6.45) is 0. The highest BCUT2D eigenvalue weighted by Gasteiger charge is 2.26. The second-order valence-corrected chi connectivity index (χ2v) is 33.8. The minimum absolute atomic E-state index is 0.536. The number of aromatic nitrogens is 16. The molecule has 0 bridgehead atoms. The maximum atomic E-state index is 5.19. The number of imidazole rings is 8. The normalized spacial score (nSPS) is 11.7. The van der Waals surface area contributed by atoms with Gasteiger partial charge in [0.2, 0.25) is 29.1 Å². The molecular formula is C119H79N17. The third-order valence-electron chi connectivity index (χ3n) is 25.8. The lowest BCUT2D eigenvalue weighted by atomic mass is 10.0. The van der Waals surface area contributed by atoms with E-state index in [-0.39, 0.29) is 0 Å². The molecule has 0 fully saturated rings. The summed E-state index contributed by atoms with van der Waals surface area (Å²) in [6.45, 7) is 0.